The van der Waals surface area contributed by atoms with Gasteiger partial charge in [-0.05, 0) is 43.3 Å². The average molecular weight is 307 g/mol. The summed E-state index contributed by atoms with van der Waals surface area (Å²) in [4.78, 5) is 3.86. The number of hydrogen-bond donors (Lipinski definition) is 0. The first-order chi connectivity index (χ1) is 9.74. The quantitative estimate of drug-likeness (QED) is 0.778. The molecule has 0 radical (unpaired) electrons. The van der Waals surface area contributed by atoms with E-state index < -0.39 is 0 Å². The van der Waals surface area contributed by atoms with Crippen LogP contribution in [0.15, 0.2) is 47.5 Å². The molecule has 0 saturated heterocycles. The van der Waals surface area contributed by atoms with E-state index in [0.29, 0.717) is 6.04 Å². The molecule has 4 heteroatoms. The Morgan fingerprint density at radius 2 is 2.00 bits per heavy atom. The van der Waals surface area contributed by atoms with Crippen LogP contribution in [-0.4, -0.2) is 28.3 Å². The zero-order valence-electron chi connectivity index (χ0n) is 11.6. The van der Waals surface area contributed by atoms with Gasteiger partial charge in [-0.2, -0.15) is 0 Å². The third-order valence-corrected chi connectivity index (χ3v) is 5.17. The fourth-order valence-electron chi connectivity index (χ4n) is 2.74. The van der Waals surface area contributed by atoms with Crippen LogP contribution in [0.2, 0.25) is 5.02 Å². The molecular formula is C16H19ClN2S. The zero-order valence-corrected chi connectivity index (χ0v) is 13.2. The molecule has 2 aromatic rings. The van der Waals surface area contributed by atoms with Crippen LogP contribution >= 0.6 is 23.4 Å². The van der Waals surface area contributed by atoms with Crippen LogP contribution in [0.1, 0.15) is 18.7 Å². The summed E-state index contributed by atoms with van der Waals surface area (Å²) >= 11 is 7.80. The lowest BCUT2D eigenvalue weighted by Gasteiger charge is -2.34. The first-order valence-electron chi connectivity index (χ1n) is 7.01. The molecule has 1 aliphatic rings. The molecule has 1 unspecified atom stereocenters. The van der Waals surface area contributed by atoms with E-state index in [0.717, 1.165) is 30.4 Å². The normalized spacial score (nSPS) is 19.0. The number of aromatic nitrogens is 1. The summed E-state index contributed by atoms with van der Waals surface area (Å²) in [6, 6.07) is 13.0. The number of halogens is 1. The van der Waals surface area contributed by atoms with Crippen molar-refractivity contribution in [1.82, 2.24) is 9.47 Å². The van der Waals surface area contributed by atoms with Gasteiger partial charge in [-0.25, -0.2) is 0 Å². The lowest BCUT2D eigenvalue weighted by atomic mass is 10.1. The van der Waals surface area contributed by atoms with Gasteiger partial charge in [0.1, 0.15) is 0 Å². The number of benzene rings is 1. The van der Waals surface area contributed by atoms with Crippen molar-refractivity contribution < 1.29 is 0 Å². The Balaban J connectivity index is 1.53. The van der Waals surface area contributed by atoms with Crippen molar-refractivity contribution in [2.75, 3.05) is 18.8 Å². The predicted molar refractivity (Wildman–Crippen MR) is 86.6 cm³/mol. The van der Waals surface area contributed by atoms with Gasteiger partial charge in [0.2, 0.25) is 0 Å². The fourth-order valence-corrected chi connectivity index (χ4v) is 3.76. The van der Waals surface area contributed by atoms with E-state index in [2.05, 4.69) is 46.9 Å². The first-order valence-corrected chi connectivity index (χ1v) is 8.38. The van der Waals surface area contributed by atoms with Crippen LogP contribution in [0, 0.1) is 0 Å². The minimum Gasteiger partial charge on any atom is -0.349 e. The lowest BCUT2D eigenvalue weighted by Crippen LogP contribution is -2.37. The summed E-state index contributed by atoms with van der Waals surface area (Å²) in [5.41, 5.74) is 1.44. The van der Waals surface area contributed by atoms with Crippen LogP contribution in [-0.2, 0) is 6.54 Å². The van der Waals surface area contributed by atoms with Crippen LogP contribution in [0.3, 0.4) is 0 Å². The Kier molecular flexibility index (Phi) is 4.39. The molecule has 0 bridgehead atoms. The standard InChI is InChI=1S/C16H19ClN2S/c1-13-16-3-2-8-19(16)10-9-18(13)11-12-20-15-6-4-14(17)5-7-15/h2-8,13H,9-12H2,1H3. The highest BCUT2D eigenvalue weighted by atomic mass is 35.5. The van der Waals surface area contributed by atoms with Crippen molar-refractivity contribution in [1.29, 1.82) is 0 Å². The second kappa shape index (κ2) is 6.25. The number of thioether (sulfide) groups is 1. The van der Waals surface area contributed by atoms with Crippen LogP contribution < -0.4 is 0 Å². The van der Waals surface area contributed by atoms with Gasteiger partial charge in [0, 0.05) is 53.2 Å². The van der Waals surface area contributed by atoms with Gasteiger partial charge in [0.05, 0.1) is 0 Å². The Hall–Kier alpha value is -0.900. The number of nitrogens with zero attached hydrogens (tertiary/aromatic N) is 2. The molecule has 1 aliphatic heterocycles. The second-order valence-electron chi connectivity index (χ2n) is 5.14. The second-order valence-corrected chi connectivity index (χ2v) is 6.75. The molecule has 20 heavy (non-hydrogen) atoms. The summed E-state index contributed by atoms with van der Waals surface area (Å²) in [5.74, 6) is 1.12. The van der Waals surface area contributed by atoms with Crippen molar-refractivity contribution in [2.45, 2.75) is 24.4 Å². The SMILES string of the molecule is CC1c2cccn2CCN1CCSc1ccc(Cl)cc1. The van der Waals surface area contributed by atoms with Gasteiger partial charge in [-0.3, -0.25) is 4.90 Å². The third-order valence-electron chi connectivity index (χ3n) is 3.93. The van der Waals surface area contributed by atoms with Gasteiger partial charge in [0.15, 0.2) is 0 Å². The monoisotopic (exact) mass is 306 g/mol. The topological polar surface area (TPSA) is 8.17 Å². The van der Waals surface area contributed by atoms with E-state index in [-0.39, 0.29) is 0 Å². The Labute approximate surface area is 129 Å². The van der Waals surface area contributed by atoms with Crippen molar-refractivity contribution in [3.63, 3.8) is 0 Å². The maximum Gasteiger partial charge on any atom is 0.0473 e. The average Bonchev–Trinajstić information content (AvgIpc) is 2.93. The van der Waals surface area contributed by atoms with Gasteiger partial charge in [0.25, 0.3) is 0 Å². The zero-order chi connectivity index (χ0) is 13.9. The van der Waals surface area contributed by atoms with Gasteiger partial charge in [-0.1, -0.05) is 11.6 Å². The molecule has 0 spiro atoms. The van der Waals surface area contributed by atoms with E-state index in [1.165, 1.54) is 10.6 Å². The molecule has 106 valence electrons. The molecule has 0 aliphatic carbocycles. The smallest absolute Gasteiger partial charge is 0.0473 e. The summed E-state index contributed by atoms with van der Waals surface area (Å²) in [6.07, 6.45) is 2.19. The molecule has 1 aromatic heterocycles. The van der Waals surface area contributed by atoms with Gasteiger partial charge >= 0.3 is 0 Å². The highest BCUT2D eigenvalue weighted by molar-refractivity contribution is 7.99. The van der Waals surface area contributed by atoms with E-state index in [9.17, 15) is 0 Å². The predicted octanol–water partition coefficient (Wildman–Crippen LogP) is 4.31. The molecule has 0 fully saturated rings. The fraction of sp³-hybridized carbons (Fsp3) is 0.375. The highest BCUT2D eigenvalue weighted by Crippen LogP contribution is 2.26. The largest absolute Gasteiger partial charge is 0.349 e. The molecule has 0 N–H and O–H groups in total. The van der Waals surface area contributed by atoms with E-state index in [1.54, 1.807) is 0 Å². The summed E-state index contributed by atoms with van der Waals surface area (Å²) in [5, 5.41) is 0.805. The number of hydrogen-bond acceptors (Lipinski definition) is 2. The maximum atomic E-state index is 5.90. The highest BCUT2D eigenvalue weighted by Gasteiger charge is 2.22. The molecule has 0 amide bonds. The minimum atomic E-state index is 0.518. The van der Waals surface area contributed by atoms with Gasteiger partial charge in [-0.15, -0.1) is 11.8 Å². The van der Waals surface area contributed by atoms with E-state index in [1.807, 2.05) is 23.9 Å². The van der Waals surface area contributed by atoms with Crippen molar-refractivity contribution >= 4 is 23.4 Å². The minimum absolute atomic E-state index is 0.518. The van der Waals surface area contributed by atoms with Crippen LogP contribution in [0.4, 0.5) is 0 Å². The Morgan fingerprint density at radius 3 is 2.80 bits per heavy atom. The molecule has 1 atom stereocenters. The number of rotatable bonds is 4. The van der Waals surface area contributed by atoms with Crippen LogP contribution in [0.25, 0.3) is 0 Å². The summed E-state index contributed by atoms with van der Waals surface area (Å²) < 4.78 is 2.37. The maximum absolute atomic E-state index is 5.90. The van der Waals surface area contributed by atoms with Crippen LogP contribution in [0.5, 0.6) is 0 Å². The molecular weight excluding hydrogens is 288 g/mol. The molecule has 0 saturated carbocycles. The molecule has 2 heterocycles. The van der Waals surface area contributed by atoms with E-state index in [4.69, 9.17) is 11.6 Å². The Morgan fingerprint density at radius 1 is 1.20 bits per heavy atom. The van der Waals surface area contributed by atoms with Gasteiger partial charge < -0.3 is 4.57 Å². The molecule has 3 rings (SSSR count). The Bertz CT molecular complexity index is 564. The van der Waals surface area contributed by atoms with E-state index >= 15 is 0 Å². The van der Waals surface area contributed by atoms with Crippen molar-refractivity contribution in [3.05, 3.63) is 53.3 Å². The third kappa shape index (κ3) is 3.05. The van der Waals surface area contributed by atoms with Crippen molar-refractivity contribution in [2.24, 2.45) is 0 Å². The molecule has 2 nitrogen and oxygen atoms in total. The first kappa shape index (κ1) is 14.1. The van der Waals surface area contributed by atoms with Crippen molar-refractivity contribution in [3.8, 4) is 0 Å². The lowest BCUT2D eigenvalue weighted by molar-refractivity contribution is 0.180. The summed E-state index contributed by atoms with van der Waals surface area (Å²) in [7, 11) is 0. The number of fused-ring (bicyclic) bond motifs is 1. The summed E-state index contributed by atoms with van der Waals surface area (Å²) in [6.45, 7) is 5.68. The molecule has 1 aromatic carbocycles.